The van der Waals surface area contributed by atoms with Gasteiger partial charge in [-0.2, -0.15) is 0 Å². The van der Waals surface area contributed by atoms with Crippen molar-refractivity contribution in [2.75, 3.05) is 0 Å². The molecular formula is C9H11N5O2. The Morgan fingerprint density at radius 1 is 1.69 bits per heavy atom. The van der Waals surface area contributed by atoms with Gasteiger partial charge in [0.2, 0.25) is 0 Å². The molecule has 1 heterocycles. The Balaban J connectivity index is 2.64. The Morgan fingerprint density at radius 2 is 2.44 bits per heavy atom. The molecule has 16 heavy (non-hydrogen) atoms. The van der Waals surface area contributed by atoms with Gasteiger partial charge in [0.05, 0.1) is 6.54 Å². The molecule has 7 heteroatoms. The first-order valence-corrected chi connectivity index (χ1v) is 4.56. The molecule has 0 bridgehead atoms. The van der Waals surface area contributed by atoms with Crippen molar-refractivity contribution in [1.29, 1.82) is 0 Å². The van der Waals surface area contributed by atoms with Gasteiger partial charge in [-0.25, -0.2) is 0 Å². The normalized spacial score (nSPS) is 11.6. The number of carbonyl (C=O) groups is 1. The molecule has 1 rings (SSSR count). The van der Waals surface area contributed by atoms with Crippen LogP contribution >= 0.6 is 0 Å². The van der Waals surface area contributed by atoms with E-state index in [4.69, 9.17) is 16.4 Å². The molecule has 1 aromatic rings. The van der Waals surface area contributed by atoms with Crippen molar-refractivity contribution in [1.82, 2.24) is 4.98 Å². The number of aliphatic carboxylic acids is 1. The molecule has 3 N–H and O–H groups in total. The topological polar surface area (TPSA) is 125 Å². The van der Waals surface area contributed by atoms with Crippen molar-refractivity contribution in [3.8, 4) is 0 Å². The highest BCUT2D eigenvalue weighted by Crippen LogP contribution is 2.04. The maximum atomic E-state index is 10.5. The van der Waals surface area contributed by atoms with Crippen LogP contribution in [0.3, 0.4) is 0 Å². The van der Waals surface area contributed by atoms with Gasteiger partial charge in [0.1, 0.15) is 6.04 Å². The summed E-state index contributed by atoms with van der Waals surface area (Å²) in [5.41, 5.74) is 14.8. The average molecular weight is 221 g/mol. The lowest BCUT2D eigenvalue weighted by Gasteiger charge is -2.06. The summed E-state index contributed by atoms with van der Waals surface area (Å²) in [6.07, 6.45) is 1.76. The van der Waals surface area contributed by atoms with Crippen LogP contribution in [-0.2, 0) is 17.8 Å². The van der Waals surface area contributed by atoms with Gasteiger partial charge in [0, 0.05) is 16.8 Å². The lowest BCUT2D eigenvalue weighted by molar-refractivity contribution is -0.138. The first-order valence-electron chi connectivity index (χ1n) is 4.56. The summed E-state index contributed by atoms with van der Waals surface area (Å²) in [5, 5.41) is 12.0. The molecule has 0 radical (unpaired) electrons. The van der Waals surface area contributed by atoms with E-state index in [0.717, 1.165) is 5.56 Å². The molecule has 0 aliphatic carbocycles. The Kier molecular flexibility index (Phi) is 4.26. The van der Waals surface area contributed by atoms with Gasteiger partial charge in [0.25, 0.3) is 0 Å². The fourth-order valence-electron chi connectivity index (χ4n) is 1.11. The third-order valence-electron chi connectivity index (χ3n) is 1.95. The lowest BCUT2D eigenvalue weighted by Crippen LogP contribution is -2.32. The summed E-state index contributed by atoms with van der Waals surface area (Å²) in [4.78, 5) is 17.1. The van der Waals surface area contributed by atoms with E-state index in [2.05, 4.69) is 15.0 Å². The number of carboxylic acids is 1. The molecule has 0 saturated carbocycles. The second-order valence-corrected chi connectivity index (χ2v) is 3.20. The smallest absolute Gasteiger partial charge is 0.320 e. The third kappa shape index (κ3) is 3.56. The number of pyridine rings is 1. The van der Waals surface area contributed by atoms with Crippen LogP contribution in [0.4, 0.5) is 0 Å². The Bertz CT molecular complexity index is 410. The van der Waals surface area contributed by atoms with E-state index in [1.807, 2.05) is 0 Å². The number of nitrogens with zero attached hydrogens (tertiary/aromatic N) is 4. The zero-order valence-corrected chi connectivity index (χ0v) is 8.45. The summed E-state index contributed by atoms with van der Waals surface area (Å²) < 4.78 is 0. The first-order chi connectivity index (χ1) is 7.63. The monoisotopic (exact) mass is 221 g/mol. The van der Waals surface area contributed by atoms with Crippen LogP contribution in [-0.4, -0.2) is 22.1 Å². The van der Waals surface area contributed by atoms with Crippen molar-refractivity contribution in [3.05, 3.63) is 40.0 Å². The quantitative estimate of drug-likeness (QED) is 0.434. The minimum Gasteiger partial charge on any atom is -0.480 e. The zero-order chi connectivity index (χ0) is 12.0. The molecule has 1 aromatic heterocycles. The summed E-state index contributed by atoms with van der Waals surface area (Å²) in [6.45, 7) is 0.182. The fourth-order valence-corrected chi connectivity index (χ4v) is 1.11. The second kappa shape index (κ2) is 5.69. The number of carboxylic acid groups (broad SMARTS) is 1. The van der Waals surface area contributed by atoms with Crippen LogP contribution < -0.4 is 5.73 Å². The van der Waals surface area contributed by atoms with Gasteiger partial charge in [-0.15, -0.1) is 0 Å². The first kappa shape index (κ1) is 12.0. The van der Waals surface area contributed by atoms with Crippen LogP contribution in [0.25, 0.3) is 10.4 Å². The minimum absolute atomic E-state index is 0.182. The number of hydrogen-bond acceptors (Lipinski definition) is 4. The summed E-state index contributed by atoms with van der Waals surface area (Å²) in [6, 6.07) is 2.47. The number of rotatable bonds is 5. The third-order valence-corrected chi connectivity index (χ3v) is 1.95. The zero-order valence-electron chi connectivity index (χ0n) is 8.45. The lowest BCUT2D eigenvalue weighted by atomic mass is 10.1. The van der Waals surface area contributed by atoms with Crippen molar-refractivity contribution >= 4 is 5.97 Å². The van der Waals surface area contributed by atoms with Crippen molar-refractivity contribution < 1.29 is 9.90 Å². The largest absolute Gasteiger partial charge is 0.480 e. The van der Waals surface area contributed by atoms with E-state index in [1.165, 1.54) is 6.20 Å². The Hall–Kier alpha value is -2.11. The van der Waals surface area contributed by atoms with E-state index >= 15 is 0 Å². The average Bonchev–Trinajstić information content (AvgIpc) is 2.28. The minimum atomic E-state index is -1.04. The Morgan fingerprint density at radius 3 is 2.94 bits per heavy atom. The van der Waals surface area contributed by atoms with Gasteiger partial charge in [-0.3, -0.25) is 9.78 Å². The molecular weight excluding hydrogens is 210 g/mol. The van der Waals surface area contributed by atoms with Gasteiger partial charge in [-0.05, 0) is 23.6 Å². The number of azide groups is 1. The fraction of sp³-hybridized carbons (Fsp3) is 0.333. The maximum absolute atomic E-state index is 10.5. The van der Waals surface area contributed by atoms with Crippen molar-refractivity contribution in [2.45, 2.75) is 19.0 Å². The predicted molar refractivity (Wildman–Crippen MR) is 56.4 cm³/mol. The molecule has 0 aromatic carbocycles. The molecule has 1 unspecified atom stereocenters. The number of nitrogens with two attached hydrogens (primary N) is 1. The highest BCUT2D eigenvalue weighted by molar-refractivity contribution is 5.73. The van der Waals surface area contributed by atoms with Crippen LogP contribution in [0.5, 0.6) is 0 Å². The van der Waals surface area contributed by atoms with E-state index in [9.17, 15) is 4.79 Å². The van der Waals surface area contributed by atoms with Crippen LogP contribution in [0, 0.1) is 0 Å². The van der Waals surface area contributed by atoms with Gasteiger partial charge < -0.3 is 10.8 Å². The van der Waals surface area contributed by atoms with Gasteiger partial charge in [0.15, 0.2) is 0 Å². The summed E-state index contributed by atoms with van der Waals surface area (Å²) in [7, 11) is 0. The van der Waals surface area contributed by atoms with E-state index < -0.39 is 12.0 Å². The van der Waals surface area contributed by atoms with Gasteiger partial charge in [-0.1, -0.05) is 11.2 Å². The molecule has 0 spiro atoms. The highest BCUT2D eigenvalue weighted by Gasteiger charge is 2.11. The van der Waals surface area contributed by atoms with Crippen molar-refractivity contribution in [2.24, 2.45) is 10.8 Å². The van der Waals surface area contributed by atoms with Crippen LogP contribution in [0.2, 0.25) is 0 Å². The van der Waals surface area contributed by atoms with Crippen LogP contribution in [0.15, 0.2) is 23.4 Å². The van der Waals surface area contributed by atoms with Crippen molar-refractivity contribution in [3.63, 3.8) is 0 Å². The highest BCUT2D eigenvalue weighted by atomic mass is 16.4. The molecule has 0 amide bonds. The molecule has 0 saturated heterocycles. The van der Waals surface area contributed by atoms with E-state index in [0.29, 0.717) is 5.69 Å². The SMILES string of the molecule is [N-]=[N+]=NCc1ccc(CC(N)C(=O)O)cn1. The number of aromatic nitrogens is 1. The molecule has 0 fully saturated rings. The predicted octanol–water partition coefficient (Wildman–Crippen LogP) is 0.846. The maximum Gasteiger partial charge on any atom is 0.320 e. The number of hydrogen-bond donors (Lipinski definition) is 2. The summed E-state index contributed by atoms with van der Waals surface area (Å²) >= 11 is 0. The molecule has 7 nitrogen and oxygen atoms in total. The summed E-state index contributed by atoms with van der Waals surface area (Å²) in [5.74, 6) is -1.04. The van der Waals surface area contributed by atoms with Gasteiger partial charge >= 0.3 is 5.97 Å². The van der Waals surface area contributed by atoms with Crippen LogP contribution in [0.1, 0.15) is 11.3 Å². The Labute approximate surface area is 91.5 Å². The molecule has 84 valence electrons. The van der Waals surface area contributed by atoms with E-state index in [-0.39, 0.29) is 13.0 Å². The molecule has 1 atom stereocenters. The molecule has 0 aliphatic rings. The standard InChI is InChI=1S/C9H11N5O2/c10-8(9(15)16)3-6-1-2-7(12-4-6)5-13-14-11/h1-2,4,8H,3,5,10H2,(H,15,16). The van der Waals surface area contributed by atoms with E-state index in [1.54, 1.807) is 12.1 Å². The molecule has 0 aliphatic heterocycles. The second-order valence-electron chi connectivity index (χ2n) is 3.20.